The molecule has 1 unspecified atom stereocenters. The van der Waals surface area contributed by atoms with Crippen LogP contribution in [-0.2, 0) is 4.79 Å². The van der Waals surface area contributed by atoms with Crippen LogP contribution >= 0.6 is 0 Å². The van der Waals surface area contributed by atoms with E-state index in [0.717, 1.165) is 38.8 Å². The van der Waals surface area contributed by atoms with Crippen molar-refractivity contribution in [3.05, 3.63) is 0 Å². The molecule has 0 aliphatic carbocycles. The Morgan fingerprint density at radius 2 is 1.71 bits per heavy atom. The normalized spacial score (nSPS) is 19.4. The molecule has 1 atom stereocenters. The van der Waals surface area contributed by atoms with E-state index in [1.807, 2.05) is 18.7 Å². The topological polar surface area (TPSA) is 69.6 Å². The van der Waals surface area contributed by atoms with Crippen LogP contribution in [0.2, 0.25) is 0 Å². The monoisotopic (exact) mass is 298 g/mol. The van der Waals surface area contributed by atoms with Crippen LogP contribution in [-0.4, -0.2) is 41.6 Å². The summed E-state index contributed by atoms with van der Waals surface area (Å²) in [5.41, 5.74) is 0.387. The first-order valence-electron chi connectivity index (χ1n) is 8.10. The lowest BCUT2D eigenvalue weighted by Gasteiger charge is -2.41. The summed E-state index contributed by atoms with van der Waals surface area (Å²) in [4.78, 5) is 25.1. The Morgan fingerprint density at radius 1 is 1.19 bits per heavy atom. The van der Waals surface area contributed by atoms with Gasteiger partial charge in [0.05, 0.1) is 5.92 Å². The van der Waals surface area contributed by atoms with Crippen LogP contribution in [0, 0.1) is 17.3 Å². The highest BCUT2D eigenvalue weighted by atomic mass is 16.4. The number of aliphatic carboxylic acids is 1. The number of hydrogen-bond donors (Lipinski definition) is 2. The number of rotatable bonds is 6. The molecule has 1 aliphatic heterocycles. The lowest BCUT2D eigenvalue weighted by atomic mass is 9.74. The summed E-state index contributed by atoms with van der Waals surface area (Å²) in [5, 5.41) is 11.9. The fourth-order valence-electron chi connectivity index (χ4n) is 3.06. The number of carboxylic acid groups (broad SMARTS) is 1. The molecule has 21 heavy (non-hydrogen) atoms. The molecule has 0 spiro atoms. The van der Waals surface area contributed by atoms with Crippen LogP contribution in [0.25, 0.3) is 0 Å². The van der Waals surface area contributed by atoms with Gasteiger partial charge < -0.3 is 15.3 Å². The molecule has 0 aromatic rings. The Hall–Kier alpha value is -1.26. The minimum absolute atomic E-state index is 0.0111. The van der Waals surface area contributed by atoms with Gasteiger partial charge in [-0.2, -0.15) is 0 Å². The van der Waals surface area contributed by atoms with E-state index in [1.165, 1.54) is 0 Å². The molecule has 1 aliphatic rings. The van der Waals surface area contributed by atoms with Gasteiger partial charge in [0.15, 0.2) is 0 Å². The zero-order valence-electron chi connectivity index (χ0n) is 13.8. The van der Waals surface area contributed by atoms with E-state index in [0.29, 0.717) is 5.41 Å². The van der Waals surface area contributed by atoms with Crippen LogP contribution in [0.15, 0.2) is 0 Å². The summed E-state index contributed by atoms with van der Waals surface area (Å²) in [6.45, 7) is 9.92. The van der Waals surface area contributed by atoms with Gasteiger partial charge in [0, 0.05) is 19.6 Å². The van der Waals surface area contributed by atoms with Gasteiger partial charge in [-0.05, 0) is 24.2 Å². The summed E-state index contributed by atoms with van der Waals surface area (Å²) < 4.78 is 0. The van der Waals surface area contributed by atoms with E-state index in [-0.39, 0.29) is 18.5 Å². The van der Waals surface area contributed by atoms with Gasteiger partial charge in [-0.3, -0.25) is 4.79 Å². The zero-order chi connectivity index (χ0) is 16.0. The smallest absolute Gasteiger partial charge is 0.317 e. The van der Waals surface area contributed by atoms with Gasteiger partial charge in [0.1, 0.15) is 0 Å². The molecule has 0 saturated carbocycles. The molecule has 1 saturated heterocycles. The van der Waals surface area contributed by atoms with Crippen molar-refractivity contribution in [3.63, 3.8) is 0 Å². The second-order valence-corrected chi connectivity index (χ2v) is 6.57. The molecule has 0 bridgehead atoms. The third-order valence-electron chi connectivity index (χ3n) is 5.21. The van der Waals surface area contributed by atoms with Crippen LogP contribution in [0.3, 0.4) is 0 Å². The number of carboxylic acids is 1. The molecule has 1 fully saturated rings. The molecule has 1 rings (SSSR count). The lowest BCUT2D eigenvalue weighted by Crippen LogP contribution is -2.48. The first-order chi connectivity index (χ1) is 9.85. The standard InChI is InChI=1S/C16H30N2O3/c1-5-16(6-2)7-9-18(10-8-16)15(21)17-11-13(12(3)4)14(19)20/h12-13H,5-11H2,1-4H3,(H,17,21)(H,19,20). The molecule has 1 heterocycles. The maximum Gasteiger partial charge on any atom is 0.317 e. The lowest BCUT2D eigenvalue weighted by molar-refractivity contribution is -0.142. The van der Waals surface area contributed by atoms with E-state index >= 15 is 0 Å². The van der Waals surface area contributed by atoms with Gasteiger partial charge in [0.25, 0.3) is 0 Å². The van der Waals surface area contributed by atoms with Crippen molar-refractivity contribution < 1.29 is 14.7 Å². The molecule has 2 N–H and O–H groups in total. The minimum Gasteiger partial charge on any atom is -0.481 e. The van der Waals surface area contributed by atoms with E-state index in [4.69, 9.17) is 5.11 Å². The zero-order valence-corrected chi connectivity index (χ0v) is 13.8. The second kappa shape index (κ2) is 7.66. The summed E-state index contributed by atoms with van der Waals surface area (Å²) in [5.74, 6) is -1.36. The van der Waals surface area contributed by atoms with Crippen molar-refractivity contribution in [3.8, 4) is 0 Å². The van der Waals surface area contributed by atoms with E-state index in [9.17, 15) is 9.59 Å². The number of amides is 2. The Balaban J connectivity index is 2.46. The fraction of sp³-hybridized carbons (Fsp3) is 0.875. The number of likely N-dealkylation sites (tertiary alicyclic amines) is 1. The van der Waals surface area contributed by atoms with Gasteiger partial charge in [-0.25, -0.2) is 4.79 Å². The summed E-state index contributed by atoms with van der Waals surface area (Å²) in [6, 6.07) is -0.122. The number of carbonyl (C=O) groups is 2. The highest BCUT2D eigenvalue weighted by Gasteiger charge is 2.33. The number of hydrogen-bond acceptors (Lipinski definition) is 2. The Labute approximate surface area is 128 Å². The maximum atomic E-state index is 12.2. The molecule has 0 radical (unpaired) electrons. The van der Waals surface area contributed by atoms with Crippen molar-refractivity contribution in [2.45, 2.75) is 53.4 Å². The molecule has 0 aromatic heterocycles. The minimum atomic E-state index is -0.847. The predicted molar refractivity (Wildman–Crippen MR) is 83.2 cm³/mol. The summed E-state index contributed by atoms with van der Waals surface area (Å²) in [7, 11) is 0. The highest BCUT2D eigenvalue weighted by Crippen LogP contribution is 2.37. The van der Waals surface area contributed by atoms with E-state index < -0.39 is 11.9 Å². The Kier molecular flexibility index (Phi) is 6.49. The van der Waals surface area contributed by atoms with Crippen LogP contribution in [0.1, 0.15) is 53.4 Å². The molecule has 5 nitrogen and oxygen atoms in total. The second-order valence-electron chi connectivity index (χ2n) is 6.57. The molecule has 2 amide bonds. The quantitative estimate of drug-likeness (QED) is 0.792. The van der Waals surface area contributed by atoms with E-state index in [1.54, 1.807) is 0 Å². The highest BCUT2D eigenvalue weighted by molar-refractivity contribution is 5.76. The molecule has 122 valence electrons. The first-order valence-corrected chi connectivity index (χ1v) is 8.10. The first kappa shape index (κ1) is 17.8. The number of piperidine rings is 1. The molecular formula is C16H30N2O3. The SMILES string of the molecule is CCC1(CC)CCN(C(=O)NCC(C(=O)O)C(C)C)CC1. The van der Waals surface area contributed by atoms with Gasteiger partial charge in [-0.1, -0.05) is 40.5 Å². The maximum absolute atomic E-state index is 12.2. The van der Waals surface area contributed by atoms with Crippen molar-refractivity contribution in [2.75, 3.05) is 19.6 Å². The fourth-order valence-corrected chi connectivity index (χ4v) is 3.06. The molecular weight excluding hydrogens is 268 g/mol. The number of urea groups is 1. The van der Waals surface area contributed by atoms with Crippen molar-refractivity contribution in [1.29, 1.82) is 0 Å². The van der Waals surface area contributed by atoms with Gasteiger partial charge >= 0.3 is 12.0 Å². The van der Waals surface area contributed by atoms with Crippen molar-refractivity contribution in [2.24, 2.45) is 17.3 Å². The third kappa shape index (κ3) is 4.61. The molecule has 5 heteroatoms. The van der Waals surface area contributed by atoms with Crippen LogP contribution in [0.4, 0.5) is 4.79 Å². The Bertz CT molecular complexity index is 355. The Morgan fingerprint density at radius 3 is 2.10 bits per heavy atom. The van der Waals surface area contributed by atoms with Crippen LogP contribution < -0.4 is 5.32 Å². The number of carbonyl (C=O) groups excluding carboxylic acids is 1. The number of nitrogens with zero attached hydrogens (tertiary/aromatic N) is 1. The third-order valence-corrected chi connectivity index (χ3v) is 5.21. The number of nitrogens with one attached hydrogen (secondary N) is 1. The van der Waals surface area contributed by atoms with Crippen LogP contribution in [0.5, 0.6) is 0 Å². The van der Waals surface area contributed by atoms with Gasteiger partial charge in [0.2, 0.25) is 0 Å². The average molecular weight is 298 g/mol. The predicted octanol–water partition coefficient (Wildman–Crippen LogP) is 2.96. The average Bonchev–Trinajstić information content (AvgIpc) is 2.46. The summed E-state index contributed by atoms with van der Waals surface area (Å²) in [6.07, 6.45) is 4.40. The molecule has 0 aromatic carbocycles. The van der Waals surface area contributed by atoms with Crippen molar-refractivity contribution in [1.82, 2.24) is 10.2 Å². The summed E-state index contributed by atoms with van der Waals surface area (Å²) >= 11 is 0. The van der Waals surface area contributed by atoms with E-state index in [2.05, 4.69) is 19.2 Å². The van der Waals surface area contributed by atoms with Gasteiger partial charge in [-0.15, -0.1) is 0 Å². The van der Waals surface area contributed by atoms with Crippen molar-refractivity contribution >= 4 is 12.0 Å². The largest absolute Gasteiger partial charge is 0.481 e.